The van der Waals surface area contributed by atoms with Crippen LogP contribution in [0.3, 0.4) is 0 Å². The minimum Gasteiger partial charge on any atom is -0.376 e. The lowest BCUT2D eigenvalue weighted by Gasteiger charge is -2.39. The van der Waals surface area contributed by atoms with Crippen molar-refractivity contribution in [2.45, 2.75) is 24.4 Å². The van der Waals surface area contributed by atoms with E-state index in [2.05, 4.69) is 5.32 Å². The standard InChI is InChI=1S/C7H12N2O2/c8-6(10)7(3-11-4-7)9-5-1-2-5/h5,9H,1-4H2,(H2,8,10). The summed E-state index contributed by atoms with van der Waals surface area (Å²) in [6.07, 6.45) is 2.32. The average Bonchev–Trinajstić information content (AvgIpc) is 2.60. The van der Waals surface area contributed by atoms with Gasteiger partial charge in [-0.15, -0.1) is 0 Å². The SMILES string of the molecule is NC(=O)C1(NC2CC2)COC1. The van der Waals surface area contributed by atoms with E-state index in [4.69, 9.17) is 10.5 Å². The molecule has 2 fully saturated rings. The Morgan fingerprint density at radius 1 is 1.55 bits per heavy atom. The summed E-state index contributed by atoms with van der Waals surface area (Å²) in [4.78, 5) is 10.9. The van der Waals surface area contributed by atoms with Crippen LogP contribution in [0.2, 0.25) is 0 Å². The second kappa shape index (κ2) is 2.19. The molecule has 0 aromatic heterocycles. The lowest BCUT2D eigenvalue weighted by atomic mass is 9.96. The Hall–Kier alpha value is -0.610. The fraction of sp³-hybridized carbons (Fsp3) is 0.857. The van der Waals surface area contributed by atoms with Crippen molar-refractivity contribution in [2.75, 3.05) is 13.2 Å². The molecule has 62 valence electrons. The predicted octanol–water partition coefficient (Wildman–Crippen LogP) is -1.01. The van der Waals surface area contributed by atoms with E-state index < -0.39 is 5.54 Å². The number of amides is 1. The van der Waals surface area contributed by atoms with Gasteiger partial charge in [0.2, 0.25) is 5.91 Å². The minimum absolute atomic E-state index is 0.282. The van der Waals surface area contributed by atoms with Crippen molar-refractivity contribution in [1.29, 1.82) is 0 Å². The van der Waals surface area contributed by atoms with Crippen LogP contribution in [-0.4, -0.2) is 30.7 Å². The van der Waals surface area contributed by atoms with Crippen LogP contribution in [0.15, 0.2) is 0 Å². The van der Waals surface area contributed by atoms with Crippen molar-refractivity contribution in [3.63, 3.8) is 0 Å². The third-order valence-electron chi connectivity index (χ3n) is 2.23. The van der Waals surface area contributed by atoms with Crippen molar-refractivity contribution in [3.05, 3.63) is 0 Å². The number of carbonyl (C=O) groups is 1. The van der Waals surface area contributed by atoms with Gasteiger partial charge in [0.25, 0.3) is 0 Å². The van der Waals surface area contributed by atoms with Crippen molar-refractivity contribution >= 4 is 5.91 Å². The van der Waals surface area contributed by atoms with E-state index in [9.17, 15) is 4.79 Å². The number of hydrogen-bond acceptors (Lipinski definition) is 3. The van der Waals surface area contributed by atoms with Gasteiger partial charge in [-0.05, 0) is 12.8 Å². The largest absolute Gasteiger partial charge is 0.376 e. The predicted molar refractivity (Wildman–Crippen MR) is 38.9 cm³/mol. The zero-order chi connectivity index (χ0) is 7.90. The molecule has 1 saturated heterocycles. The van der Waals surface area contributed by atoms with Gasteiger partial charge in [-0.2, -0.15) is 0 Å². The molecule has 0 aromatic carbocycles. The molecule has 0 unspecified atom stereocenters. The van der Waals surface area contributed by atoms with Crippen molar-refractivity contribution < 1.29 is 9.53 Å². The number of hydrogen-bond donors (Lipinski definition) is 2. The van der Waals surface area contributed by atoms with Gasteiger partial charge in [-0.3, -0.25) is 10.1 Å². The quantitative estimate of drug-likeness (QED) is 0.550. The zero-order valence-corrected chi connectivity index (χ0v) is 6.30. The molecule has 0 aromatic rings. The fourth-order valence-corrected chi connectivity index (χ4v) is 1.22. The summed E-state index contributed by atoms with van der Waals surface area (Å²) < 4.78 is 4.96. The molecule has 4 nitrogen and oxygen atoms in total. The van der Waals surface area contributed by atoms with E-state index in [1.54, 1.807) is 0 Å². The molecule has 1 aliphatic carbocycles. The van der Waals surface area contributed by atoms with Gasteiger partial charge in [-0.1, -0.05) is 0 Å². The highest BCUT2D eigenvalue weighted by Crippen LogP contribution is 2.26. The lowest BCUT2D eigenvalue weighted by molar-refractivity contribution is -0.145. The first-order valence-corrected chi connectivity index (χ1v) is 3.88. The third kappa shape index (κ3) is 1.12. The van der Waals surface area contributed by atoms with Crippen LogP contribution < -0.4 is 11.1 Å². The van der Waals surface area contributed by atoms with Gasteiger partial charge in [0.1, 0.15) is 5.54 Å². The first-order chi connectivity index (χ1) is 5.23. The van der Waals surface area contributed by atoms with Crippen LogP contribution in [0.4, 0.5) is 0 Å². The molecule has 0 bridgehead atoms. The van der Waals surface area contributed by atoms with Crippen LogP contribution >= 0.6 is 0 Å². The monoisotopic (exact) mass is 156 g/mol. The van der Waals surface area contributed by atoms with Crippen molar-refractivity contribution in [2.24, 2.45) is 5.73 Å². The molecular formula is C7H12N2O2. The Kier molecular flexibility index (Phi) is 1.40. The highest BCUT2D eigenvalue weighted by Gasteiger charge is 2.47. The average molecular weight is 156 g/mol. The van der Waals surface area contributed by atoms with Gasteiger partial charge in [0.15, 0.2) is 0 Å². The maximum Gasteiger partial charge on any atom is 0.242 e. The van der Waals surface area contributed by atoms with Crippen LogP contribution in [0.5, 0.6) is 0 Å². The molecule has 2 rings (SSSR count). The van der Waals surface area contributed by atoms with Gasteiger partial charge in [0, 0.05) is 6.04 Å². The van der Waals surface area contributed by atoms with E-state index in [1.807, 2.05) is 0 Å². The minimum atomic E-state index is -0.527. The molecule has 0 spiro atoms. The molecule has 1 heterocycles. The Morgan fingerprint density at radius 3 is 2.45 bits per heavy atom. The Labute approximate surface area is 65.1 Å². The lowest BCUT2D eigenvalue weighted by Crippen LogP contribution is -2.68. The third-order valence-corrected chi connectivity index (χ3v) is 2.23. The number of nitrogens with two attached hydrogens (primary N) is 1. The van der Waals surface area contributed by atoms with Crippen molar-refractivity contribution in [3.8, 4) is 0 Å². The fourth-order valence-electron chi connectivity index (χ4n) is 1.22. The van der Waals surface area contributed by atoms with Crippen LogP contribution in [0.1, 0.15) is 12.8 Å². The number of rotatable bonds is 3. The summed E-state index contributed by atoms with van der Waals surface area (Å²) in [7, 11) is 0. The summed E-state index contributed by atoms with van der Waals surface area (Å²) in [6, 6.07) is 0.506. The smallest absolute Gasteiger partial charge is 0.242 e. The van der Waals surface area contributed by atoms with E-state index in [0.29, 0.717) is 19.3 Å². The summed E-state index contributed by atoms with van der Waals surface area (Å²) in [5, 5.41) is 3.20. The second-order valence-electron chi connectivity index (χ2n) is 3.36. The molecular weight excluding hydrogens is 144 g/mol. The number of primary amides is 1. The van der Waals surface area contributed by atoms with E-state index in [0.717, 1.165) is 12.8 Å². The van der Waals surface area contributed by atoms with Gasteiger partial charge in [-0.25, -0.2) is 0 Å². The number of carbonyl (C=O) groups excluding carboxylic acids is 1. The molecule has 4 heteroatoms. The normalized spacial score (nSPS) is 27.6. The van der Waals surface area contributed by atoms with Crippen LogP contribution in [0.25, 0.3) is 0 Å². The van der Waals surface area contributed by atoms with Gasteiger partial charge >= 0.3 is 0 Å². The van der Waals surface area contributed by atoms with E-state index >= 15 is 0 Å². The van der Waals surface area contributed by atoms with Gasteiger partial charge in [0.05, 0.1) is 13.2 Å². The Balaban J connectivity index is 1.97. The molecule has 2 aliphatic rings. The van der Waals surface area contributed by atoms with Crippen LogP contribution in [-0.2, 0) is 9.53 Å². The molecule has 11 heavy (non-hydrogen) atoms. The zero-order valence-electron chi connectivity index (χ0n) is 6.30. The topological polar surface area (TPSA) is 64.4 Å². The van der Waals surface area contributed by atoms with E-state index in [-0.39, 0.29) is 5.91 Å². The Morgan fingerprint density at radius 2 is 2.18 bits per heavy atom. The summed E-state index contributed by atoms with van der Waals surface area (Å²) >= 11 is 0. The molecule has 3 N–H and O–H groups in total. The second-order valence-corrected chi connectivity index (χ2v) is 3.36. The molecule has 0 radical (unpaired) electrons. The molecule has 1 aliphatic heterocycles. The number of ether oxygens (including phenoxy) is 1. The molecule has 0 atom stereocenters. The highest BCUT2D eigenvalue weighted by atomic mass is 16.5. The first-order valence-electron chi connectivity index (χ1n) is 3.88. The van der Waals surface area contributed by atoms with Crippen molar-refractivity contribution in [1.82, 2.24) is 5.32 Å². The maximum atomic E-state index is 10.9. The molecule has 1 saturated carbocycles. The van der Waals surface area contributed by atoms with Gasteiger partial charge < -0.3 is 10.5 Å². The maximum absolute atomic E-state index is 10.9. The summed E-state index contributed by atoms with van der Waals surface area (Å²) in [6.45, 7) is 0.887. The Bertz CT molecular complexity index is 185. The van der Waals surface area contributed by atoms with E-state index in [1.165, 1.54) is 0 Å². The highest BCUT2D eigenvalue weighted by molar-refractivity contribution is 5.86. The summed E-state index contributed by atoms with van der Waals surface area (Å²) in [5.41, 5.74) is 4.70. The first kappa shape index (κ1) is 7.06. The van der Waals surface area contributed by atoms with Crippen LogP contribution in [0, 0.1) is 0 Å². The summed E-state index contributed by atoms with van der Waals surface area (Å²) in [5.74, 6) is -0.282. The molecule has 1 amide bonds. The number of nitrogens with one attached hydrogen (secondary N) is 1.